The van der Waals surface area contributed by atoms with Gasteiger partial charge < -0.3 is 10.2 Å². The van der Waals surface area contributed by atoms with Crippen molar-refractivity contribution in [1.82, 2.24) is 15.3 Å². The lowest BCUT2D eigenvalue weighted by molar-refractivity contribution is 0.613. The van der Waals surface area contributed by atoms with Gasteiger partial charge in [0, 0.05) is 38.1 Å². The minimum atomic E-state index is -0.297. The zero-order chi connectivity index (χ0) is 15.1. The molecule has 0 unspecified atom stereocenters. The summed E-state index contributed by atoms with van der Waals surface area (Å²) in [6.07, 6.45) is 5.76. The van der Waals surface area contributed by atoms with E-state index in [2.05, 4.69) is 20.2 Å². The lowest BCUT2D eigenvalue weighted by Gasteiger charge is -2.21. The molecule has 21 heavy (non-hydrogen) atoms. The van der Waals surface area contributed by atoms with Gasteiger partial charge in [-0.1, -0.05) is 6.92 Å². The number of likely N-dealkylation sites (N-methyl/N-ethyl adjacent to an activating group) is 1. The number of hydrogen-bond acceptors (Lipinski definition) is 4. The smallest absolute Gasteiger partial charge is 0.141 e. The summed E-state index contributed by atoms with van der Waals surface area (Å²) in [6, 6.07) is 5.56. The third-order valence-electron chi connectivity index (χ3n) is 3.32. The second kappa shape index (κ2) is 7.69. The molecule has 5 heteroatoms. The van der Waals surface area contributed by atoms with E-state index in [-0.39, 0.29) is 5.82 Å². The Balaban J connectivity index is 2.05. The Hall–Kier alpha value is -2.01. The number of hydrogen-bond donors (Lipinski definition) is 1. The van der Waals surface area contributed by atoms with Crippen molar-refractivity contribution in [3.8, 4) is 0 Å². The van der Waals surface area contributed by atoms with E-state index in [0.29, 0.717) is 6.54 Å². The highest BCUT2D eigenvalue weighted by molar-refractivity contribution is 5.46. The largest absolute Gasteiger partial charge is 0.359 e. The van der Waals surface area contributed by atoms with Gasteiger partial charge in [-0.05, 0) is 36.7 Å². The van der Waals surface area contributed by atoms with Crippen LogP contribution in [0, 0.1) is 5.82 Å². The molecule has 0 aliphatic carbocycles. The maximum Gasteiger partial charge on any atom is 0.141 e. The number of aromatic nitrogens is 2. The Morgan fingerprint density at radius 3 is 2.76 bits per heavy atom. The van der Waals surface area contributed by atoms with Crippen molar-refractivity contribution in [3.63, 3.8) is 0 Å². The average Bonchev–Trinajstić information content (AvgIpc) is 2.51. The molecule has 4 nitrogen and oxygen atoms in total. The molecule has 0 aliphatic rings. The molecular formula is C16H21FN4. The van der Waals surface area contributed by atoms with Gasteiger partial charge in [0.1, 0.15) is 11.6 Å². The lowest BCUT2D eigenvalue weighted by Crippen LogP contribution is -2.24. The van der Waals surface area contributed by atoms with Crippen LogP contribution in [-0.4, -0.2) is 30.1 Å². The fraction of sp³-hybridized carbons (Fsp3) is 0.375. The molecule has 0 fully saturated rings. The highest BCUT2D eigenvalue weighted by Gasteiger charge is 2.10. The molecule has 2 rings (SSSR count). The Morgan fingerprint density at radius 2 is 2.05 bits per heavy atom. The molecule has 0 spiro atoms. The Bertz CT molecular complexity index is 559. The summed E-state index contributed by atoms with van der Waals surface area (Å²) >= 11 is 0. The van der Waals surface area contributed by atoms with Crippen molar-refractivity contribution in [2.45, 2.75) is 19.9 Å². The van der Waals surface area contributed by atoms with Crippen molar-refractivity contribution in [2.24, 2.45) is 0 Å². The first-order valence-electron chi connectivity index (χ1n) is 7.16. The summed E-state index contributed by atoms with van der Waals surface area (Å²) in [6.45, 7) is 4.31. The number of anilines is 1. The summed E-state index contributed by atoms with van der Waals surface area (Å²) < 4.78 is 13.4. The number of pyridine rings is 2. The minimum absolute atomic E-state index is 0.297. The van der Waals surface area contributed by atoms with Gasteiger partial charge >= 0.3 is 0 Å². The van der Waals surface area contributed by atoms with Gasteiger partial charge in [0.05, 0.1) is 6.20 Å². The summed E-state index contributed by atoms with van der Waals surface area (Å²) in [5, 5.41) is 3.22. The van der Waals surface area contributed by atoms with Gasteiger partial charge in [-0.3, -0.25) is 4.98 Å². The first kappa shape index (κ1) is 15.4. The van der Waals surface area contributed by atoms with E-state index in [1.54, 1.807) is 18.5 Å². The van der Waals surface area contributed by atoms with E-state index < -0.39 is 0 Å². The van der Waals surface area contributed by atoms with Gasteiger partial charge in [0.15, 0.2) is 0 Å². The molecule has 2 heterocycles. The molecule has 0 saturated carbocycles. The predicted octanol–water partition coefficient (Wildman–Crippen LogP) is 2.40. The van der Waals surface area contributed by atoms with Crippen LogP contribution in [0.4, 0.5) is 10.2 Å². The summed E-state index contributed by atoms with van der Waals surface area (Å²) in [7, 11) is 1.98. The normalized spacial score (nSPS) is 10.6. The van der Waals surface area contributed by atoms with Crippen molar-refractivity contribution >= 4 is 5.82 Å². The molecule has 0 radical (unpaired) electrons. The van der Waals surface area contributed by atoms with E-state index in [9.17, 15) is 4.39 Å². The minimum Gasteiger partial charge on any atom is -0.359 e. The quantitative estimate of drug-likeness (QED) is 0.849. The third kappa shape index (κ3) is 4.49. The second-order valence-electron chi connectivity index (χ2n) is 4.94. The highest BCUT2D eigenvalue weighted by atomic mass is 19.1. The lowest BCUT2D eigenvalue weighted by atomic mass is 10.2. The zero-order valence-corrected chi connectivity index (χ0v) is 12.5. The molecule has 2 aromatic heterocycles. The summed E-state index contributed by atoms with van der Waals surface area (Å²) in [5.41, 5.74) is 2.11. The summed E-state index contributed by atoms with van der Waals surface area (Å²) in [5.74, 6) is 0.528. The Labute approximate surface area is 125 Å². The van der Waals surface area contributed by atoms with Crippen LogP contribution in [0.25, 0.3) is 0 Å². The second-order valence-corrected chi connectivity index (χ2v) is 4.94. The third-order valence-corrected chi connectivity index (χ3v) is 3.32. The van der Waals surface area contributed by atoms with Crippen LogP contribution in [0.15, 0.2) is 36.8 Å². The van der Waals surface area contributed by atoms with E-state index in [1.807, 2.05) is 26.1 Å². The maximum atomic E-state index is 13.4. The molecule has 0 amide bonds. The van der Waals surface area contributed by atoms with E-state index in [4.69, 9.17) is 0 Å². The summed E-state index contributed by atoms with van der Waals surface area (Å²) in [4.78, 5) is 10.3. The topological polar surface area (TPSA) is 41.1 Å². The number of nitrogens with one attached hydrogen (secondary N) is 1. The molecule has 0 aliphatic heterocycles. The van der Waals surface area contributed by atoms with Crippen molar-refractivity contribution in [1.29, 1.82) is 0 Å². The number of rotatable bonds is 7. The molecular weight excluding hydrogens is 267 g/mol. The van der Waals surface area contributed by atoms with E-state index in [0.717, 1.165) is 30.9 Å². The molecule has 0 atom stereocenters. The van der Waals surface area contributed by atoms with Gasteiger partial charge in [-0.25, -0.2) is 9.37 Å². The fourth-order valence-electron chi connectivity index (χ4n) is 2.16. The number of halogens is 1. The number of nitrogens with zero attached hydrogens (tertiary/aromatic N) is 3. The van der Waals surface area contributed by atoms with Gasteiger partial charge in [0.25, 0.3) is 0 Å². The first-order valence-corrected chi connectivity index (χ1v) is 7.16. The van der Waals surface area contributed by atoms with Crippen LogP contribution in [0.2, 0.25) is 0 Å². The molecule has 1 N–H and O–H groups in total. The van der Waals surface area contributed by atoms with E-state index >= 15 is 0 Å². The average molecular weight is 288 g/mol. The van der Waals surface area contributed by atoms with Gasteiger partial charge in [-0.2, -0.15) is 0 Å². The first-order chi connectivity index (χ1) is 10.2. The van der Waals surface area contributed by atoms with Crippen molar-refractivity contribution < 1.29 is 4.39 Å². The van der Waals surface area contributed by atoms with Crippen LogP contribution < -0.4 is 10.2 Å². The van der Waals surface area contributed by atoms with Crippen LogP contribution in [0.5, 0.6) is 0 Å². The SMILES string of the molecule is CCNCc1cc(F)cnc1N(C)CCc1ccncc1. The van der Waals surface area contributed by atoms with Crippen molar-refractivity contribution in [3.05, 3.63) is 53.7 Å². The zero-order valence-electron chi connectivity index (χ0n) is 12.5. The molecule has 0 aromatic carbocycles. The van der Waals surface area contributed by atoms with Gasteiger partial charge in [0.2, 0.25) is 0 Å². The standard InChI is InChI=1S/C16H21FN4/c1-3-18-11-14-10-15(17)12-20-16(14)21(2)9-6-13-4-7-19-8-5-13/h4-5,7-8,10,12,18H,3,6,9,11H2,1-2H3. The molecule has 112 valence electrons. The van der Waals surface area contributed by atoms with Crippen LogP contribution in [0.1, 0.15) is 18.1 Å². The molecule has 2 aromatic rings. The monoisotopic (exact) mass is 288 g/mol. The molecule has 0 bridgehead atoms. The van der Waals surface area contributed by atoms with E-state index in [1.165, 1.54) is 11.8 Å². The van der Waals surface area contributed by atoms with Crippen LogP contribution >= 0.6 is 0 Å². The van der Waals surface area contributed by atoms with Crippen LogP contribution in [-0.2, 0) is 13.0 Å². The fourth-order valence-corrected chi connectivity index (χ4v) is 2.16. The Morgan fingerprint density at radius 1 is 1.29 bits per heavy atom. The van der Waals surface area contributed by atoms with Crippen LogP contribution in [0.3, 0.4) is 0 Å². The highest BCUT2D eigenvalue weighted by Crippen LogP contribution is 2.17. The molecule has 0 saturated heterocycles. The maximum absolute atomic E-state index is 13.4. The van der Waals surface area contributed by atoms with Gasteiger partial charge in [-0.15, -0.1) is 0 Å². The van der Waals surface area contributed by atoms with Crippen molar-refractivity contribution in [2.75, 3.05) is 25.0 Å². The Kier molecular flexibility index (Phi) is 5.63. The predicted molar refractivity (Wildman–Crippen MR) is 82.8 cm³/mol.